The molecule has 0 aliphatic heterocycles. The molecule has 7 heteroatoms. The second kappa shape index (κ2) is 7.78. The minimum Gasteiger partial charge on any atom is -0.335 e. The van der Waals surface area contributed by atoms with Gasteiger partial charge in [0.1, 0.15) is 4.83 Å². The quantitative estimate of drug-likeness (QED) is 0.621. The van der Waals surface area contributed by atoms with Crippen LogP contribution in [0.15, 0.2) is 47.2 Å². The highest BCUT2D eigenvalue weighted by Gasteiger charge is 2.11. The lowest BCUT2D eigenvalue weighted by molar-refractivity contribution is 0.540. The van der Waals surface area contributed by atoms with Gasteiger partial charge in [-0.15, -0.1) is 11.3 Å². The molecule has 0 spiro atoms. The Balaban J connectivity index is 1.55. The van der Waals surface area contributed by atoms with Crippen LogP contribution in [-0.2, 0) is 19.5 Å². The second-order valence-corrected chi connectivity index (χ2v) is 8.38. The highest BCUT2D eigenvalue weighted by atomic mass is 32.1. The Morgan fingerprint density at radius 3 is 2.96 bits per heavy atom. The second-order valence-electron chi connectivity index (χ2n) is 6.86. The minimum absolute atomic E-state index is 0.00627. The van der Waals surface area contributed by atoms with Crippen LogP contribution in [0.3, 0.4) is 0 Å². The van der Waals surface area contributed by atoms with Crippen molar-refractivity contribution in [3.05, 3.63) is 68.1 Å². The molecule has 0 bridgehead atoms. The molecule has 0 unspecified atom stereocenters. The lowest BCUT2D eigenvalue weighted by atomic mass is 10.0. The summed E-state index contributed by atoms with van der Waals surface area (Å²) < 4.78 is 4.27. The van der Waals surface area contributed by atoms with Gasteiger partial charge in [-0.1, -0.05) is 18.2 Å². The van der Waals surface area contributed by atoms with Gasteiger partial charge in [0, 0.05) is 36.3 Å². The van der Waals surface area contributed by atoms with E-state index in [1.165, 1.54) is 10.5 Å². The largest absolute Gasteiger partial charge is 0.335 e. The van der Waals surface area contributed by atoms with Gasteiger partial charge in [0.15, 0.2) is 4.77 Å². The lowest BCUT2D eigenvalue weighted by Crippen LogP contribution is -2.22. The number of thiophene rings is 1. The van der Waals surface area contributed by atoms with Gasteiger partial charge in [-0.2, -0.15) is 0 Å². The van der Waals surface area contributed by atoms with Gasteiger partial charge in [0.2, 0.25) is 0 Å². The van der Waals surface area contributed by atoms with Crippen LogP contribution in [0.4, 0.5) is 0 Å². The predicted molar refractivity (Wildman–Crippen MR) is 113 cm³/mol. The Bertz CT molecular complexity index is 1140. The van der Waals surface area contributed by atoms with Crippen molar-refractivity contribution in [2.24, 2.45) is 0 Å². The molecule has 1 aliphatic rings. The van der Waals surface area contributed by atoms with E-state index in [1.54, 1.807) is 15.9 Å². The molecule has 0 saturated carbocycles. The van der Waals surface area contributed by atoms with Crippen molar-refractivity contribution in [1.82, 2.24) is 19.1 Å². The van der Waals surface area contributed by atoms with E-state index in [2.05, 4.69) is 32.8 Å². The number of hydrogen-bond acceptors (Lipinski definition) is 4. The number of allylic oxidation sites excluding steroid dienone is 4. The zero-order chi connectivity index (χ0) is 18.8. The predicted octanol–water partition coefficient (Wildman–Crippen LogP) is 4.53. The van der Waals surface area contributed by atoms with Crippen molar-refractivity contribution in [3.63, 3.8) is 0 Å². The smallest absolute Gasteiger partial charge is 0.263 e. The van der Waals surface area contributed by atoms with E-state index in [0.29, 0.717) is 11.3 Å². The van der Waals surface area contributed by atoms with Gasteiger partial charge >= 0.3 is 0 Å². The fourth-order valence-corrected chi connectivity index (χ4v) is 4.83. The molecule has 140 valence electrons. The molecule has 3 aromatic heterocycles. The summed E-state index contributed by atoms with van der Waals surface area (Å²) in [6, 6.07) is 2.02. The van der Waals surface area contributed by atoms with Crippen LogP contribution in [-0.4, -0.2) is 19.1 Å². The minimum atomic E-state index is 0.00627. The molecule has 5 nitrogen and oxygen atoms in total. The zero-order valence-electron chi connectivity index (χ0n) is 15.3. The highest BCUT2D eigenvalue weighted by molar-refractivity contribution is 7.71. The van der Waals surface area contributed by atoms with Crippen LogP contribution in [0.1, 0.15) is 29.8 Å². The van der Waals surface area contributed by atoms with Gasteiger partial charge < -0.3 is 9.55 Å². The number of nitrogens with zero attached hydrogens (tertiary/aromatic N) is 3. The number of H-pyrrole nitrogens is 1. The number of fused-ring (bicyclic) bond motifs is 1. The molecule has 0 radical (unpaired) electrons. The number of nitrogens with one attached hydrogen (secondary N) is 1. The van der Waals surface area contributed by atoms with E-state index in [4.69, 9.17) is 12.2 Å². The topological polar surface area (TPSA) is 55.6 Å². The monoisotopic (exact) mass is 398 g/mol. The van der Waals surface area contributed by atoms with Crippen molar-refractivity contribution < 1.29 is 0 Å². The summed E-state index contributed by atoms with van der Waals surface area (Å²) >= 11 is 7.08. The van der Waals surface area contributed by atoms with E-state index in [1.807, 2.05) is 25.5 Å². The molecule has 0 aromatic carbocycles. The van der Waals surface area contributed by atoms with Crippen molar-refractivity contribution in [3.8, 4) is 0 Å². The molecule has 1 aliphatic carbocycles. The van der Waals surface area contributed by atoms with Crippen molar-refractivity contribution in [2.75, 3.05) is 0 Å². The number of hydrogen-bond donors (Lipinski definition) is 1. The first kappa shape index (κ1) is 18.1. The number of aromatic amines is 1. The Morgan fingerprint density at radius 1 is 1.33 bits per heavy atom. The van der Waals surface area contributed by atoms with Gasteiger partial charge in [-0.25, -0.2) is 4.98 Å². The summed E-state index contributed by atoms with van der Waals surface area (Å²) in [5.74, 6) is 0. The SMILES string of the molecule is Cc1cncn1CCCn1c(=S)[nH]c2sc(CC3=CCCC=C3)cc2c1=O. The fourth-order valence-electron chi connectivity index (χ4n) is 3.41. The molecule has 0 atom stereocenters. The number of aryl methyl sites for hydroxylation is 2. The van der Waals surface area contributed by atoms with E-state index in [-0.39, 0.29) is 5.56 Å². The number of aromatic nitrogens is 4. The van der Waals surface area contributed by atoms with Crippen LogP contribution in [0.2, 0.25) is 0 Å². The molecule has 1 N–H and O–H groups in total. The summed E-state index contributed by atoms with van der Waals surface area (Å²) in [4.78, 5) is 22.4. The third-order valence-corrected chi connectivity index (χ3v) is 6.25. The first-order valence-electron chi connectivity index (χ1n) is 9.19. The Labute approximate surface area is 166 Å². The molecular weight excluding hydrogens is 376 g/mol. The number of rotatable bonds is 6. The van der Waals surface area contributed by atoms with Crippen LogP contribution >= 0.6 is 23.6 Å². The molecule has 3 heterocycles. The normalized spacial score (nSPS) is 14.0. The zero-order valence-corrected chi connectivity index (χ0v) is 16.9. The van der Waals surface area contributed by atoms with Crippen molar-refractivity contribution >= 4 is 33.8 Å². The first-order valence-corrected chi connectivity index (χ1v) is 10.4. The van der Waals surface area contributed by atoms with Gasteiger partial charge in [0.05, 0.1) is 11.7 Å². The average molecular weight is 399 g/mol. The highest BCUT2D eigenvalue weighted by Crippen LogP contribution is 2.25. The maximum Gasteiger partial charge on any atom is 0.263 e. The average Bonchev–Trinajstić information content (AvgIpc) is 3.25. The van der Waals surface area contributed by atoms with E-state index in [9.17, 15) is 4.79 Å². The number of imidazole rings is 1. The standard InChI is InChI=1S/C20H22N4OS2/c1-14-12-21-13-23(14)8-5-9-24-19(25)17-11-16(27-18(17)22-20(24)26)10-15-6-3-2-4-7-15/h3,6-7,11-13H,2,4-5,8-10H2,1H3,(H,22,26). The molecule has 0 fully saturated rings. The van der Waals surface area contributed by atoms with Gasteiger partial charge in [-0.3, -0.25) is 9.36 Å². The lowest BCUT2D eigenvalue weighted by Gasteiger charge is -2.08. The summed E-state index contributed by atoms with van der Waals surface area (Å²) in [5, 5.41) is 0.739. The maximum atomic E-state index is 12.9. The molecule has 4 rings (SSSR count). The third kappa shape index (κ3) is 3.89. The van der Waals surface area contributed by atoms with Crippen molar-refractivity contribution in [1.29, 1.82) is 0 Å². The van der Waals surface area contributed by atoms with Gasteiger partial charge in [-0.05, 0) is 50.0 Å². The van der Waals surface area contributed by atoms with Crippen LogP contribution < -0.4 is 5.56 Å². The van der Waals surface area contributed by atoms with Crippen LogP contribution in [0, 0.1) is 11.7 Å². The third-order valence-electron chi connectivity index (χ3n) is 4.88. The van der Waals surface area contributed by atoms with E-state index >= 15 is 0 Å². The fraction of sp³-hybridized carbons (Fsp3) is 0.350. The Hall–Kier alpha value is -2.25. The van der Waals surface area contributed by atoms with E-state index < -0.39 is 0 Å². The summed E-state index contributed by atoms with van der Waals surface area (Å²) in [6.07, 6.45) is 14.3. The molecule has 0 saturated heterocycles. The summed E-state index contributed by atoms with van der Waals surface area (Å²) in [7, 11) is 0. The Kier molecular flexibility index (Phi) is 5.22. The van der Waals surface area contributed by atoms with E-state index in [0.717, 1.165) is 48.1 Å². The molecule has 0 amide bonds. The molecule has 3 aromatic rings. The summed E-state index contributed by atoms with van der Waals surface area (Å²) in [6.45, 7) is 3.45. The maximum absolute atomic E-state index is 12.9. The van der Waals surface area contributed by atoms with Crippen LogP contribution in [0.5, 0.6) is 0 Å². The van der Waals surface area contributed by atoms with Gasteiger partial charge in [0.25, 0.3) is 5.56 Å². The van der Waals surface area contributed by atoms with Crippen molar-refractivity contribution in [2.45, 2.75) is 45.7 Å². The first-order chi connectivity index (χ1) is 13.1. The summed E-state index contributed by atoms with van der Waals surface area (Å²) in [5.41, 5.74) is 2.45. The molecule has 27 heavy (non-hydrogen) atoms. The Morgan fingerprint density at radius 2 is 2.22 bits per heavy atom. The molecular formula is C20H22N4OS2. The van der Waals surface area contributed by atoms with Crippen LogP contribution in [0.25, 0.3) is 10.2 Å².